The summed E-state index contributed by atoms with van der Waals surface area (Å²) in [7, 11) is 0. The first-order chi connectivity index (χ1) is 13.1. The summed E-state index contributed by atoms with van der Waals surface area (Å²) in [6, 6.07) is 15.2. The van der Waals surface area contributed by atoms with Crippen LogP contribution < -0.4 is 0 Å². The lowest BCUT2D eigenvalue weighted by Crippen LogP contribution is -2.25. The van der Waals surface area contributed by atoms with Crippen LogP contribution in [0.3, 0.4) is 0 Å². The van der Waals surface area contributed by atoms with Crippen LogP contribution in [0.25, 0.3) is 21.9 Å². The Kier molecular flexibility index (Phi) is 5.02. The van der Waals surface area contributed by atoms with Crippen LogP contribution in [-0.2, 0) is 5.41 Å². The second-order valence-corrected chi connectivity index (χ2v) is 9.30. The molecule has 0 bridgehead atoms. The minimum atomic E-state index is -0.00606. The maximum atomic E-state index is 10.9. The van der Waals surface area contributed by atoms with Gasteiger partial charge in [-0.15, -0.1) is 11.8 Å². The van der Waals surface area contributed by atoms with E-state index in [0.717, 1.165) is 40.9 Å². The Balaban J connectivity index is 2.15. The largest absolute Gasteiger partial charge is 0.507 e. The van der Waals surface area contributed by atoms with Gasteiger partial charge in [-0.25, -0.2) is 0 Å². The minimum Gasteiger partial charge on any atom is -0.507 e. The van der Waals surface area contributed by atoms with Crippen LogP contribution in [0.15, 0.2) is 51.8 Å². The van der Waals surface area contributed by atoms with Gasteiger partial charge in [0.2, 0.25) is 0 Å². The lowest BCUT2D eigenvalue weighted by molar-refractivity contribution is 0.430. The number of hydrogen-bond acceptors (Lipinski definition) is 2. The number of fused-ring (bicyclic) bond motifs is 5. The first-order valence-electron chi connectivity index (χ1n) is 9.70. The molecular weight excluding hydrogens is 416 g/mol. The molecule has 140 valence electrons. The molecule has 4 rings (SSSR count). The Morgan fingerprint density at radius 2 is 1.67 bits per heavy atom. The fourth-order valence-corrected chi connectivity index (χ4v) is 5.77. The molecule has 0 unspecified atom stereocenters. The normalized spacial score (nSPS) is 14.4. The molecule has 1 aliphatic carbocycles. The van der Waals surface area contributed by atoms with E-state index in [9.17, 15) is 5.11 Å². The van der Waals surface area contributed by atoms with E-state index in [1.54, 1.807) is 11.8 Å². The average molecular weight is 441 g/mol. The molecular formula is C24H25BrOS. The third-order valence-electron chi connectivity index (χ3n) is 5.96. The topological polar surface area (TPSA) is 20.2 Å². The highest BCUT2D eigenvalue weighted by atomic mass is 79.9. The average Bonchev–Trinajstić information content (AvgIpc) is 2.92. The van der Waals surface area contributed by atoms with Crippen molar-refractivity contribution in [1.29, 1.82) is 0 Å². The molecule has 0 aliphatic heterocycles. The van der Waals surface area contributed by atoms with Gasteiger partial charge in [0, 0.05) is 20.2 Å². The highest BCUT2D eigenvalue weighted by Crippen LogP contribution is 2.57. The highest BCUT2D eigenvalue weighted by molar-refractivity contribution is 9.10. The van der Waals surface area contributed by atoms with E-state index in [0.29, 0.717) is 5.75 Å². The van der Waals surface area contributed by atoms with Crippen LogP contribution in [0.5, 0.6) is 5.75 Å². The fourth-order valence-electron chi connectivity index (χ4n) is 4.97. The van der Waals surface area contributed by atoms with Crippen LogP contribution in [0.2, 0.25) is 0 Å². The number of phenolic OH excluding ortho intramolecular Hbond substituents is 1. The second kappa shape index (κ2) is 7.18. The molecule has 0 atom stereocenters. The number of phenols is 1. The molecule has 27 heavy (non-hydrogen) atoms. The zero-order chi connectivity index (χ0) is 19.2. The number of aromatic hydroxyl groups is 1. The third kappa shape index (κ3) is 2.82. The van der Waals surface area contributed by atoms with Crippen LogP contribution in [0.1, 0.15) is 50.7 Å². The molecule has 3 heteroatoms. The fraction of sp³-hybridized carbons (Fsp3) is 0.333. The second-order valence-electron chi connectivity index (χ2n) is 7.50. The van der Waals surface area contributed by atoms with Crippen molar-refractivity contribution in [2.24, 2.45) is 0 Å². The Labute approximate surface area is 174 Å². The van der Waals surface area contributed by atoms with Crippen molar-refractivity contribution in [2.75, 3.05) is 6.26 Å². The van der Waals surface area contributed by atoms with Crippen LogP contribution >= 0.6 is 27.7 Å². The van der Waals surface area contributed by atoms with Crippen LogP contribution in [0, 0.1) is 0 Å². The Hall–Kier alpha value is -1.45. The predicted octanol–water partition coefficient (Wildman–Crippen LogP) is 7.90. The van der Waals surface area contributed by atoms with Crippen molar-refractivity contribution in [2.45, 2.75) is 49.8 Å². The number of thioether (sulfide) groups is 1. The summed E-state index contributed by atoms with van der Waals surface area (Å²) in [5.74, 6) is 0.394. The third-order valence-corrected chi connectivity index (χ3v) is 7.18. The molecule has 0 spiro atoms. The van der Waals surface area contributed by atoms with Gasteiger partial charge in [0.15, 0.2) is 0 Å². The van der Waals surface area contributed by atoms with Gasteiger partial charge in [-0.2, -0.15) is 0 Å². The summed E-state index contributed by atoms with van der Waals surface area (Å²) in [6.45, 7) is 4.54. The Morgan fingerprint density at radius 3 is 2.33 bits per heavy atom. The SMILES string of the molecule is CCCC1(CCC)c2cc(SC)ccc2-c2c1cc(O)c1ccc(Br)cc21. The van der Waals surface area contributed by atoms with Gasteiger partial charge >= 0.3 is 0 Å². The van der Waals surface area contributed by atoms with Gasteiger partial charge in [-0.3, -0.25) is 0 Å². The molecule has 1 aliphatic rings. The molecule has 3 aromatic carbocycles. The lowest BCUT2D eigenvalue weighted by Gasteiger charge is -2.32. The van der Waals surface area contributed by atoms with E-state index in [2.05, 4.69) is 66.4 Å². The Bertz CT molecular complexity index is 1020. The van der Waals surface area contributed by atoms with E-state index < -0.39 is 0 Å². The van der Waals surface area contributed by atoms with Crippen molar-refractivity contribution >= 4 is 38.5 Å². The molecule has 0 fully saturated rings. The van der Waals surface area contributed by atoms with E-state index >= 15 is 0 Å². The van der Waals surface area contributed by atoms with Crippen molar-refractivity contribution < 1.29 is 5.11 Å². The van der Waals surface area contributed by atoms with Crippen LogP contribution in [0.4, 0.5) is 0 Å². The summed E-state index contributed by atoms with van der Waals surface area (Å²) in [5, 5.41) is 12.9. The summed E-state index contributed by atoms with van der Waals surface area (Å²) in [4.78, 5) is 1.31. The molecule has 0 radical (unpaired) electrons. The molecule has 0 aromatic heterocycles. The van der Waals surface area contributed by atoms with Crippen LogP contribution in [-0.4, -0.2) is 11.4 Å². The highest BCUT2D eigenvalue weighted by Gasteiger charge is 2.43. The van der Waals surface area contributed by atoms with Gasteiger partial charge in [-0.05, 0) is 83.1 Å². The van der Waals surface area contributed by atoms with E-state index in [1.807, 2.05) is 12.1 Å². The smallest absolute Gasteiger partial charge is 0.123 e. The summed E-state index contributed by atoms with van der Waals surface area (Å²) in [5.41, 5.74) is 5.40. The molecule has 3 aromatic rings. The zero-order valence-electron chi connectivity index (χ0n) is 16.1. The van der Waals surface area contributed by atoms with Gasteiger partial charge in [0.1, 0.15) is 5.75 Å². The van der Waals surface area contributed by atoms with E-state index in [4.69, 9.17) is 0 Å². The molecule has 1 nitrogen and oxygen atoms in total. The minimum absolute atomic E-state index is 0.00606. The van der Waals surface area contributed by atoms with Gasteiger partial charge in [-0.1, -0.05) is 48.7 Å². The quantitative estimate of drug-likeness (QED) is 0.406. The number of hydrogen-bond donors (Lipinski definition) is 1. The summed E-state index contributed by atoms with van der Waals surface area (Å²) < 4.78 is 1.05. The molecule has 0 saturated carbocycles. The van der Waals surface area contributed by atoms with Crippen molar-refractivity contribution in [3.8, 4) is 16.9 Å². The number of halogens is 1. The molecule has 0 saturated heterocycles. The summed E-state index contributed by atoms with van der Waals surface area (Å²) >= 11 is 5.44. The monoisotopic (exact) mass is 440 g/mol. The van der Waals surface area contributed by atoms with Gasteiger partial charge in [0.05, 0.1) is 0 Å². The number of rotatable bonds is 5. The lowest BCUT2D eigenvalue weighted by atomic mass is 9.71. The zero-order valence-corrected chi connectivity index (χ0v) is 18.5. The standard InChI is InChI=1S/C24H25BrOS/c1-4-10-24(11-5-2)20-13-16(27-3)7-9-18(20)23-19-12-15(25)6-8-17(19)22(26)14-21(23)24/h6-9,12-14,26H,4-5,10-11H2,1-3H3. The molecule has 1 N–H and O–H groups in total. The number of benzene rings is 3. The molecule has 0 heterocycles. The van der Waals surface area contributed by atoms with Crippen molar-refractivity contribution in [3.05, 3.63) is 58.1 Å². The van der Waals surface area contributed by atoms with Gasteiger partial charge < -0.3 is 5.11 Å². The maximum Gasteiger partial charge on any atom is 0.123 e. The first-order valence-corrected chi connectivity index (χ1v) is 11.7. The summed E-state index contributed by atoms with van der Waals surface area (Å²) in [6.07, 6.45) is 6.61. The van der Waals surface area contributed by atoms with Crippen molar-refractivity contribution in [3.63, 3.8) is 0 Å². The first kappa shape index (κ1) is 18.9. The Morgan fingerprint density at radius 1 is 0.926 bits per heavy atom. The van der Waals surface area contributed by atoms with Gasteiger partial charge in [0.25, 0.3) is 0 Å². The maximum absolute atomic E-state index is 10.9. The van der Waals surface area contributed by atoms with E-state index in [-0.39, 0.29) is 5.41 Å². The predicted molar refractivity (Wildman–Crippen MR) is 121 cm³/mol. The van der Waals surface area contributed by atoms with E-state index in [1.165, 1.54) is 27.1 Å². The van der Waals surface area contributed by atoms with Crippen molar-refractivity contribution in [1.82, 2.24) is 0 Å². The molecule has 0 amide bonds.